The summed E-state index contributed by atoms with van der Waals surface area (Å²) in [6.45, 7) is 4.10. The fourth-order valence-corrected chi connectivity index (χ4v) is 3.68. The third kappa shape index (κ3) is 3.76. The Hall–Kier alpha value is -1.92. The monoisotopic (exact) mass is 359 g/mol. The van der Waals surface area contributed by atoms with Crippen LogP contribution in [0.5, 0.6) is 0 Å². The second-order valence-corrected chi connectivity index (χ2v) is 7.16. The molecule has 1 aliphatic heterocycles. The number of hydrazone groups is 1. The third-order valence-electron chi connectivity index (χ3n) is 3.99. The van der Waals surface area contributed by atoms with Gasteiger partial charge in [0.2, 0.25) is 0 Å². The second kappa shape index (κ2) is 7.32. The lowest BCUT2D eigenvalue weighted by Gasteiger charge is -2.18. The number of hydrogen-bond donors (Lipinski definition) is 2. The number of benzene rings is 2. The largest absolute Gasteiger partial charge is 0.331 e. The molecule has 1 aliphatic rings. The molecule has 124 valence electrons. The summed E-state index contributed by atoms with van der Waals surface area (Å²) >= 11 is 7.04. The summed E-state index contributed by atoms with van der Waals surface area (Å²) in [6.07, 6.45) is 0.778. The minimum absolute atomic E-state index is 0.250. The van der Waals surface area contributed by atoms with E-state index in [0.717, 1.165) is 39.6 Å². The van der Waals surface area contributed by atoms with Crippen molar-refractivity contribution >= 4 is 40.5 Å². The van der Waals surface area contributed by atoms with Gasteiger partial charge in [0.15, 0.2) is 5.11 Å². The molecule has 2 aromatic carbocycles. The van der Waals surface area contributed by atoms with Gasteiger partial charge in [0, 0.05) is 28.3 Å². The van der Waals surface area contributed by atoms with E-state index in [9.17, 15) is 4.39 Å². The molecule has 1 heterocycles. The maximum Gasteiger partial charge on any atom is 0.191 e. The summed E-state index contributed by atoms with van der Waals surface area (Å²) in [5, 5.41) is 7.98. The van der Waals surface area contributed by atoms with Crippen molar-refractivity contribution in [1.29, 1.82) is 0 Å². The Balaban J connectivity index is 1.74. The van der Waals surface area contributed by atoms with E-state index in [4.69, 9.17) is 12.2 Å². The number of anilines is 1. The number of halogens is 1. The maximum absolute atomic E-state index is 13.5. The number of nitrogens with one attached hydrogen (secondary N) is 2. The first-order valence-corrected chi connectivity index (χ1v) is 9.06. The van der Waals surface area contributed by atoms with E-state index in [1.165, 1.54) is 17.7 Å². The van der Waals surface area contributed by atoms with Crippen LogP contribution in [0.2, 0.25) is 0 Å². The van der Waals surface area contributed by atoms with Crippen molar-refractivity contribution < 1.29 is 4.39 Å². The van der Waals surface area contributed by atoms with E-state index < -0.39 is 0 Å². The normalized spacial score (nSPS) is 15.0. The van der Waals surface area contributed by atoms with E-state index in [2.05, 4.69) is 28.8 Å². The van der Waals surface area contributed by atoms with Crippen LogP contribution in [0.1, 0.15) is 23.1 Å². The van der Waals surface area contributed by atoms with Crippen LogP contribution in [-0.4, -0.2) is 16.6 Å². The highest BCUT2D eigenvalue weighted by Gasteiger charge is 2.17. The van der Waals surface area contributed by atoms with Crippen molar-refractivity contribution in [3.05, 3.63) is 58.9 Å². The van der Waals surface area contributed by atoms with Crippen molar-refractivity contribution in [2.24, 2.45) is 5.10 Å². The van der Waals surface area contributed by atoms with Gasteiger partial charge in [-0.15, -0.1) is 11.8 Å². The molecular weight excluding hydrogens is 341 g/mol. The fraction of sp³-hybridized carbons (Fsp3) is 0.222. The average molecular weight is 359 g/mol. The van der Waals surface area contributed by atoms with Crippen LogP contribution in [0.3, 0.4) is 0 Å². The zero-order valence-corrected chi connectivity index (χ0v) is 15.2. The van der Waals surface area contributed by atoms with Crippen molar-refractivity contribution in [3.63, 3.8) is 0 Å². The van der Waals surface area contributed by atoms with Gasteiger partial charge in [-0.1, -0.05) is 12.1 Å². The maximum atomic E-state index is 13.5. The van der Waals surface area contributed by atoms with Gasteiger partial charge in [-0.05, 0) is 61.5 Å². The number of thioether (sulfide) groups is 1. The highest BCUT2D eigenvalue weighted by Crippen LogP contribution is 2.30. The molecule has 24 heavy (non-hydrogen) atoms. The molecule has 0 amide bonds. The summed E-state index contributed by atoms with van der Waals surface area (Å²) in [7, 11) is 0. The molecule has 0 spiro atoms. The predicted molar refractivity (Wildman–Crippen MR) is 104 cm³/mol. The van der Waals surface area contributed by atoms with Crippen molar-refractivity contribution in [2.75, 3.05) is 11.1 Å². The first-order valence-electron chi connectivity index (χ1n) is 7.67. The van der Waals surface area contributed by atoms with Gasteiger partial charge in [0.25, 0.3) is 0 Å². The molecule has 3 nitrogen and oxygen atoms in total. The summed E-state index contributed by atoms with van der Waals surface area (Å²) in [5.74, 6) is 0.677. The molecule has 0 aromatic heterocycles. The Labute approximate surface area is 150 Å². The Morgan fingerprint density at radius 3 is 2.92 bits per heavy atom. The van der Waals surface area contributed by atoms with Gasteiger partial charge in [-0.2, -0.15) is 5.10 Å². The van der Waals surface area contributed by atoms with Crippen molar-refractivity contribution in [3.8, 4) is 0 Å². The Kier molecular flexibility index (Phi) is 5.16. The number of nitrogens with zero attached hydrogens (tertiary/aromatic N) is 1. The molecule has 0 radical (unpaired) electrons. The van der Waals surface area contributed by atoms with E-state index in [0.29, 0.717) is 5.11 Å². The quantitative estimate of drug-likeness (QED) is 0.605. The Bertz CT molecular complexity index is 818. The molecule has 0 saturated heterocycles. The number of aryl methyl sites for hydroxylation is 1. The number of thiocarbonyl (C=S) groups is 1. The Morgan fingerprint density at radius 2 is 2.08 bits per heavy atom. The zero-order valence-electron chi connectivity index (χ0n) is 13.5. The molecule has 0 atom stereocenters. The van der Waals surface area contributed by atoms with Crippen LogP contribution in [-0.2, 0) is 0 Å². The lowest BCUT2D eigenvalue weighted by atomic mass is 10.1. The van der Waals surface area contributed by atoms with E-state index >= 15 is 0 Å². The minimum atomic E-state index is -0.250. The van der Waals surface area contributed by atoms with E-state index in [-0.39, 0.29) is 5.82 Å². The van der Waals surface area contributed by atoms with Gasteiger partial charge >= 0.3 is 0 Å². The fourth-order valence-electron chi connectivity index (χ4n) is 2.52. The molecule has 3 rings (SSSR count). The summed E-state index contributed by atoms with van der Waals surface area (Å²) in [6, 6.07) is 10.8. The molecule has 6 heteroatoms. The van der Waals surface area contributed by atoms with Gasteiger partial charge in [0.1, 0.15) is 5.82 Å². The van der Waals surface area contributed by atoms with Crippen LogP contribution in [0.15, 0.2) is 46.4 Å². The lowest BCUT2D eigenvalue weighted by Crippen LogP contribution is -2.26. The first-order chi connectivity index (χ1) is 11.5. The van der Waals surface area contributed by atoms with Crippen LogP contribution in [0.25, 0.3) is 0 Å². The molecule has 0 fully saturated rings. The average Bonchev–Trinajstić information content (AvgIpc) is 2.57. The minimum Gasteiger partial charge on any atom is -0.331 e. The van der Waals surface area contributed by atoms with Crippen molar-refractivity contribution in [1.82, 2.24) is 5.43 Å². The molecule has 0 aliphatic carbocycles. The lowest BCUT2D eigenvalue weighted by molar-refractivity contribution is 0.626. The SMILES string of the molecule is Cc1cccc(NC(=S)NN=C2CCSc3ccc(F)cc32)c1C. The molecule has 0 saturated carbocycles. The Morgan fingerprint density at radius 1 is 1.25 bits per heavy atom. The van der Waals surface area contributed by atoms with Crippen molar-refractivity contribution in [2.45, 2.75) is 25.2 Å². The topological polar surface area (TPSA) is 36.4 Å². The molecule has 2 aromatic rings. The molecule has 0 bridgehead atoms. The number of hydrogen-bond acceptors (Lipinski definition) is 3. The summed E-state index contributed by atoms with van der Waals surface area (Å²) in [5.41, 5.74) is 7.86. The van der Waals surface area contributed by atoms with Crippen LogP contribution >= 0.6 is 24.0 Å². The highest BCUT2D eigenvalue weighted by atomic mass is 32.2. The van der Waals surface area contributed by atoms with Gasteiger partial charge in [0.05, 0.1) is 5.71 Å². The second-order valence-electron chi connectivity index (χ2n) is 5.61. The van der Waals surface area contributed by atoms with E-state index in [1.807, 2.05) is 19.1 Å². The summed E-state index contributed by atoms with van der Waals surface area (Å²) < 4.78 is 13.5. The number of rotatable bonds is 2. The van der Waals surface area contributed by atoms with Crippen LogP contribution in [0, 0.1) is 19.7 Å². The standard InChI is InChI=1S/C18H18FN3S2/c1-11-4-3-5-15(12(11)2)20-18(23)22-21-16-8-9-24-17-7-6-13(19)10-14(16)17/h3-7,10H,8-9H2,1-2H3,(H2,20,22,23). The van der Waals surface area contributed by atoms with E-state index in [1.54, 1.807) is 17.8 Å². The zero-order chi connectivity index (χ0) is 17.1. The predicted octanol–water partition coefficient (Wildman–Crippen LogP) is 4.63. The number of fused-ring (bicyclic) bond motifs is 1. The van der Waals surface area contributed by atoms with Crippen LogP contribution in [0.4, 0.5) is 10.1 Å². The molecule has 0 unspecified atom stereocenters. The highest BCUT2D eigenvalue weighted by molar-refractivity contribution is 7.99. The van der Waals surface area contributed by atoms with Gasteiger partial charge < -0.3 is 5.32 Å². The third-order valence-corrected chi connectivity index (χ3v) is 5.26. The first kappa shape index (κ1) is 16.9. The van der Waals surface area contributed by atoms with Crippen LogP contribution < -0.4 is 10.7 Å². The molecular formula is C18H18FN3S2. The van der Waals surface area contributed by atoms with Gasteiger partial charge in [-0.25, -0.2) is 4.39 Å². The van der Waals surface area contributed by atoms with Gasteiger partial charge in [-0.3, -0.25) is 5.43 Å². The summed E-state index contributed by atoms with van der Waals surface area (Å²) in [4.78, 5) is 1.05. The molecule has 2 N–H and O–H groups in total. The smallest absolute Gasteiger partial charge is 0.191 e.